The van der Waals surface area contributed by atoms with E-state index >= 15 is 0 Å². The summed E-state index contributed by atoms with van der Waals surface area (Å²) in [5.41, 5.74) is 0.650. The van der Waals surface area contributed by atoms with Crippen LogP contribution in [0.1, 0.15) is 59.8 Å². The van der Waals surface area contributed by atoms with Gasteiger partial charge in [0.15, 0.2) is 0 Å². The number of ether oxygens (including phenoxy) is 2. The first-order valence-electron chi connectivity index (χ1n) is 10.0. The molecule has 0 spiro atoms. The van der Waals surface area contributed by atoms with Crippen LogP contribution < -0.4 is 10.1 Å². The molecular weight excluding hydrogens is 340 g/mol. The number of carbonyl (C=O) groups is 1. The Labute approximate surface area is 162 Å². The number of pyridine rings is 1. The molecule has 1 heterocycles. The highest BCUT2D eigenvalue weighted by molar-refractivity contribution is 6.05. The standard InChI is InChI=1S/C22H32N2O3/c1-5-8-9-14-22(4,27-7-3)21(25)24-18-12-13-19(26-16-6-2)20-17(18)11-10-15-23-20/h10-13,15H,5-9,14,16H2,1-4H3,(H,24,25)/t22-/m1/s1. The predicted octanol–water partition coefficient (Wildman–Crippen LogP) is 5.34. The van der Waals surface area contributed by atoms with Crippen LogP contribution in [0.5, 0.6) is 5.75 Å². The Bertz CT molecular complexity index is 747. The Morgan fingerprint density at radius 3 is 2.67 bits per heavy atom. The number of rotatable bonds is 11. The number of anilines is 1. The minimum atomic E-state index is -0.837. The summed E-state index contributed by atoms with van der Waals surface area (Å²) in [6, 6.07) is 7.57. The number of carbonyl (C=O) groups excluding carboxylic acids is 1. The lowest BCUT2D eigenvalue weighted by molar-refractivity contribution is -0.139. The Hall–Kier alpha value is -2.14. The molecule has 2 aromatic rings. The van der Waals surface area contributed by atoms with Crippen molar-refractivity contribution >= 4 is 22.5 Å². The highest BCUT2D eigenvalue weighted by atomic mass is 16.5. The second-order valence-corrected chi connectivity index (χ2v) is 6.93. The van der Waals surface area contributed by atoms with Gasteiger partial charge in [-0.2, -0.15) is 0 Å². The van der Waals surface area contributed by atoms with Gasteiger partial charge >= 0.3 is 0 Å². The minimum absolute atomic E-state index is 0.118. The fourth-order valence-electron chi connectivity index (χ4n) is 3.12. The molecule has 1 amide bonds. The molecule has 0 fully saturated rings. The molecule has 1 aromatic carbocycles. The summed E-state index contributed by atoms with van der Waals surface area (Å²) in [6.45, 7) is 9.15. The number of unbranched alkanes of at least 4 members (excludes halogenated alkanes) is 2. The van der Waals surface area contributed by atoms with Gasteiger partial charge in [0.2, 0.25) is 0 Å². The first kappa shape index (κ1) is 21.2. The Morgan fingerprint density at radius 2 is 1.96 bits per heavy atom. The van der Waals surface area contributed by atoms with Crippen LogP contribution in [0.2, 0.25) is 0 Å². The van der Waals surface area contributed by atoms with Gasteiger partial charge in [0.25, 0.3) is 5.91 Å². The molecule has 0 bridgehead atoms. The van der Waals surface area contributed by atoms with Gasteiger partial charge in [-0.15, -0.1) is 0 Å². The average molecular weight is 373 g/mol. The lowest BCUT2D eigenvalue weighted by atomic mass is 9.96. The molecule has 1 aromatic heterocycles. The highest BCUT2D eigenvalue weighted by Gasteiger charge is 2.33. The molecule has 5 heteroatoms. The van der Waals surface area contributed by atoms with E-state index in [0.717, 1.165) is 48.0 Å². The van der Waals surface area contributed by atoms with Gasteiger partial charge in [-0.05, 0) is 51.0 Å². The minimum Gasteiger partial charge on any atom is -0.491 e. The number of nitrogens with one attached hydrogen (secondary N) is 1. The van der Waals surface area contributed by atoms with E-state index in [4.69, 9.17) is 9.47 Å². The summed E-state index contributed by atoms with van der Waals surface area (Å²) in [6.07, 6.45) is 6.53. The molecule has 5 nitrogen and oxygen atoms in total. The summed E-state index contributed by atoms with van der Waals surface area (Å²) in [7, 11) is 0. The molecule has 0 aliphatic carbocycles. The number of benzene rings is 1. The topological polar surface area (TPSA) is 60.5 Å². The Kier molecular flexibility index (Phi) is 8.04. The zero-order valence-corrected chi connectivity index (χ0v) is 17.0. The molecule has 1 N–H and O–H groups in total. The maximum absolute atomic E-state index is 13.0. The number of fused-ring (bicyclic) bond motifs is 1. The molecule has 0 saturated carbocycles. The van der Waals surface area contributed by atoms with Crippen LogP contribution in [-0.2, 0) is 9.53 Å². The van der Waals surface area contributed by atoms with Gasteiger partial charge in [0, 0.05) is 18.2 Å². The van der Waals surface area contributed by atoms with Crippen LogP contribution >= 0.6 is 0 Å². The van der Waals surface area contributed by atoms with Gasteiger partial charge in [-0.3, -0.25) is 9.78 Å². The molecule has 2 rings (SSSR count). The molecule has 0 unspecified atom stereocenters. The Morgan fingerprint density at radius 1 is 1.15 bits per heavy atom. The van der Waals surface area contributed by atoms with Crippen molar-refractivity contribution in [1.29, 1.82) is 0 Å². The highest BCUT2D eigenvalue weighted by Crippen LogP contribution is 2.31. The van der Waals surface area contributed by atoms with Crippen LogP contribution in [0.15, 0.2) is 30.5 Å². The average Bonchev–Trinajstić information content (AvgIpc) is 2.67. The Balaban J connectivity index is 2.27. The SMILES string of the molecule is CCCCC[C@@](C)(OCC)C(=O)Nc1ccc(OCCC)c2ncccc12. The molecule has 0 saturated heterocycles. The van der Waals surface area contributed by atoms with E-state index in [1.54, 1.807) is 6.20 Å². The van der Waals surface area contributed by atoms with E-state index in [2.05, 4.69) is 24.1 Å². The third-order valence-corrected chi connectivity index (χ3v) is 4.64. The normalized spacial score (nSPS) is 13.3. The van der Waals surface area contributed by atoms with Crippen molar-refractivity contribution in [1.82, 2.24) is 4.98 Å². The number of amides is 1. The van der Waals surface area contributed by atoms with E-state index < -0.39 is 5.60 Å². The quantitative estimate of drug-likeness (QED) is 0.541. The summed E-state index contributed by atoms with van der Waals surface area (Å²) >= 11 is 0. The summed E-state index contributed by atoms with van der Waals surface area (Å²) in [5.74, 6) is 0.619. The number of aromatic nitrogens is 1. The van der Waals surface area contributed by atoms with Crippen molar-refractivity contribution in [3.63, 3.8) is 0 Å². The number of hydrogen-bond donors (Lipinski definition) is 1. The fourth-order valence-corrected chi connectivity index (χ4v) is 3.12. The van der Waals surface area contributed by atoms with Gasteiger partial charge in [-0.25, -0.2) is 0 Å². The summed E-state index contributed by atoms with van der Waals surface area (Å²) in [4.78, 5) is 17.5. The van der Waals surface area contributed by atoms with Crippen LogP contribution in [0.4, 0.5) is 5.69 Å². The first-order valence-corrected chi connectivity index (χ1v) is 10.0. The summed E-state index contributed by atoms with van der Waals surface area (Å²) < 4.78 is 11.6. The number of nitrogens with zero attached hydrogens (tertiary/aromatic N) is 1. The third-order valence-electron chi connectivity index (χ3n) is 4.64. The summed E-state index contributed by atoms with van der Waals surface area (Å²) in [5, 5.41) is 3.93. The maximum atomic E-state index is 13.0. The maximum Gasteiger partial charge on any atom is 0.256 e. The zero-order chi connectivity index (χ0) is 19.7. The van der Waals surface area contributed by atoms with E-state index in [9.17, 15) is 4.79 Å². The molecule has 27 heavy (non-hydrogen) atoms. The molecule has 148 valence electrons. The zero-order valence-electron chi connectivity index (χ0n) is 17.0. The van der Waals surface area contributed by atoms with Crippen molar-refractivity contribution in [2.45, 2.75) is 65.4 Å². The molecule has 0 aliphatic heterocycles. The van der Waals surface area contributed by atoms with Crippen molar-refractivity contribution in [2.24, 2.45) is 0 Å². The van der Waals surface area contributed by atoms with Crippen molar-refractivity contribution in [2.75, 3.05) is 18.5 Å². The predicted molar refractivity (Wildman–Crippen MR) is 110 cm³/mol. The van der Waals surface area contributed by atoms with Gasteiger partial charge in [-0.1, -0.05) is 33.1 Å². The monoisotopic (exact) mass is 372 g/mol. The van der Waals surface area contributed by atoms with Crippen LogP contribution in [0, 0.1) is 0 Å². The lowest BCUT2D eigenvalue weighted by Gasteiger charge is -2.28. The largest absolute Gasteiger partial charge is 0.491 e. The lowest BCUT2D eigenvalue weighted by Crippen LogP contribution is -2.42. The third kappa shape index (κ3) is 5.42. The molecular formula is C22H32N2O3. The number of hydrogen-bond acceptors (Lipinski definition) is 4. The van der Waals surface area contributed by atoms with Crippen molar-refractivity contribution in [3.05, 3.63) is 30.5 Å². The van der Waals surface area contributed by atoms with E-state index in [-0.39, 0.29) is 5.91 Å². The fraction of sp³-hybridized carbons (Fsp3) is 0.545. The van der Waals surface area contributed by atoms with Crippen LogP contribution in [-0.4, -0.2) is 29.7 Å². The van der Waals surface area contributed by atoms with E-state index in [1.165, 1.54) is 0 Å². The second kappa shape index (κ2) is 10.3. The van der Waals surface area contributed by atoms with Gasteiger partial charge in [0.05, 0.1) is 12.3 Å². The van der Waals surface area contributed by atoms with Gasteiger partial charge < -0.3 is 14.8 Å². The van der Waals surface area contributed by atoms with E-state index in [1.807, 2.05) is 38.1 Å². The van der Waals surface area contributed by atoms with E-state index in [0.29, 0.717) is 19.6 Å². The van der Waals surface area contributed by atoms with Crippen LogP contribution in [0.3, 0.4) is 0 Å². The molecule has 0 radical (unpaired) electrons. The van der Waals surface area contributed by atoms with Crippen molar-refractivity contribution in [3.8, 4) is 5.75 Å². The first-order chi connectivity index (χ1) is 13.1. The van der Waals surface area contributed by atoms with Crippen molar-refractivity contribution < 1.29 is 14.3 Å². The second-order valence-electron chi connectivity index (χ2n) is 6.93. The molecule has 0 aliphatic rings. The smallest absolute Gasteiger partial charge is 0.256 e. The van der Waals surface area contributed by atoms with Gasteiger partial charge in [0.1, 0.15) is 16.9 Å². The molecule has 1 atom stereocenters. The van der Waals surface area contributed by atoms with Crippen LogP contribution in [0.25, 0.3) is 10.9 Å².